The first-order chi connectivity index (χ1) is 15.1. The highest BCUT2D eigenvalue weighted by Gasteiger charge is 2.08. The monoisotopic (exact) mass is 432 g/mol. The number of nitrogens with one attached hydrogen (secondary N) is 1. The van der Waals surface area contributed by atoms with Gasteiger partial charge in [-0.3, -0.25) is 9.78 Å². The Hall–Kier alpha value is -3.45. The average Bonchev–Trinajstić information content (AvgIpc) is 3.18. The molecule has 3 N–H and O–H groups in total. The van der Waals surface area contributed by atoms with Crippen LogP contribution in [0.25, 0.3) is 10.2 Å². The molecule has 0 bridgehead atoms. The van der Waals surface area contributed by atoms with Crippen molar-refractivity contribution in [1.82, 2.24) is 15.3 Å². The van der Waals surface area contributed by atoms with Crippen molar-refractivity contribution in [3.63, 3.8) is 0 Å². The quantitative estimate of drug-likeness (QED) is 0.476. The van der Waals surface area contributed by atoms with Crippen LogP contribution < -0.4 is 15.8 Å². The second kappa shape index (κ2) is 9.57. The summed E-state index contributed by atoms with van der Waals surface area (Å²) in [4.78, 5) is 19.7. The molecule has 0 radical (unpaired) electrons. The molecule has 6 nitrogen and oxygen atoms in total. The van der Waals surface area contributed by atoms with Gasteiger partial charge in [-0.05, 0) is 55.0 Å². The lowest BCUT2D eigenvalue weighted by Crippen LogP contribution is -2.18. The van der Waals surface area contributed by atoms with Gasteiger partial charge in [0, 0.05) is 25.4 Å². The fourth-order valence-corrected chi connectivity index (χ4v) is 4.29. The Balaban J connectivity index is 0.000000192. The number of benzene rings is 2. The lowest BCUT2D eigenvalue weighted by atomic mass is 9.92. The summed E-state index contributed by atoms with van der Waals surface area (Å²) < 4.78 is 6.70. The van der Waals surface area contributed by atoms with E-state index in [2.05, 4.69) is 39.6 Å². The van der Waals surface area contributed by atoms with E-state index in [4.69, 9.17) is 10.5 Å². The Morgan fingerprint density at radius 1 is 1.03 bits per heavy atom. The summed E-state index contributed by atoms with van der Waals surface area (Å²) in [7, 11) is 1.56. The van der Waals surface area contributed by atoms with Crippen molar-refractivity contribution < 1.29 is 9.53 Å². The second-order valence-electron chi connectivity index (χ2n) is 7.22. The largest absolute Gasteiger partial charge is 0.457 e. The van der Waals surface area contributed by atoms with E-state index in [0.29, 0.717) is 22.3 Å². The first kappa shape index (κ1) is 20.8. The van der Waals surface area contributed by atoms with E-state index in [1.807, 2.05) is 18.2 Å². The number of aryl methyl sites for hydroxylation is 2. The summed E-state index contributed by atoms with van der Waals surface area (Å²) in [5.74, 6) is 0.937. The predicted molar refractivity (Wildman–Crippen MR) is 125 cm³/mol. The van der Waals surface area contributed by atoms with Crippen molar-refractivity contribution in [3.8, 4) is 11.5 Å². The van der Waals surface area contributed by atoms with Gasteiger partial charge in [-0.15, -0.1) is 0 Å². The molecular weight excluding hydrogens is 408 g/mol. The SMILES string of the molecule is CNC(=O)c1cc(Oc2ccc3nc(N)sc3c2)ccn1.c1ccc2c(c1)CCCC2. The van der Waals surface area contributed by atoms with Crippen molar-refractivity contribution in [2.24, 2.45) is 0 Å². The number of nitrogens with zero attached hydrogens (tertiary/aromatic N) is 2. The number of nitrogen functional groups attached to an aromatic ring is 1. The molecule has 2 aromatic heterocycles. The van der Waals surface area contributed by atoms with Gasteiger partial charge in [0.1, 0.15) is 17.2 Å². The smallest absolute Gasteiger partial charge is 0.269 e. The summed E-state index contributed by atoms with van der Waals surface area (Å²) >= 11 is 1.40. The highest BCUT2D eigenvalue weighted by Crippen LogP contribution is 2.30. The third kappa shape index (κ3) is 5.19. The average molecular weight is 433 g/mol. The van der Waals surface area contributed by atoms with Crippen molar-refractivity contribution in [1.29, 1.82) is 0 Å². The number of aromatic nitrogens is 2. The number of anilines is 1. The number of carbonyl (C=O) groups is 1. The third-order valence-corrected chi connectivity index (χ3v) is 5.91. The molecule has 1 aliphatic rings. The summed E-state index contributed by atoms with van der Waals surface area (Å²) in [5, 5.41) is 3.04. The minimum atomic E-state index is -0.258. The minimum absolute atomic E-state index is 0.258. The number of amides is 1. The van der Waals surface area contributed by atoms with Crippen molar-refractivity contribution in [3.05, 3.63) is 77.6 Å². The number of fused-ring (bicyclic) bond motifs is 2. The summed E-state index contributed by atoms with van der Waals surface area (Å²) in [6.45, 7) is 0. The maximum absolute atomic E-state index is 11.5. The molecular formula is C24H24N4O2S. The lowest BCUT2D eigenvalue weighted by Gasteiger charge is -2.13. The standard InChI is InChI=1S/C14H12N4O2S.C10H12/c1-16-13(19)11-6-9(4-5-17-11)20-8-2-3-10-12(7-8)21-14(15)18-10;1-2-6-10-8-4-3-7-9(10)5-1/h2-7H,1H3,(H2,15,18)(H,16,19);1-2,5-6H,3-4,7-8H2. The third-order valence-electron chi connectivity index (χ3n) is 5.06. The fourth-order valence-electron chi connectivity index (χ4n) is 3.53. The Kier molecular flexibility index (Phi) is 6.43. The van der Waals surface area contributed by atoms with Crippen LogP contribution in [0.1, 0.15) is 34.5 Å². The van der Waals surface area contributed by atoms with Crippen LogP contribution in [0.3, 0.4) is 0 Å². The number of rotatable bonds is 3. The van der Waals surface area contributed by atoms with Crippen LogP contribution in [0.5, 0.6) is 11.5 Å². The van der Waals surface area contributed by atoms with Crippen molar-refractivity contribution >= 4 is 32.6 Å². The topological polar surface area (TPSA) is 90.1 Å². The first-order valence-electron chi connectivity index (χ1n) is 10.2. The van der Waals surface area contributed by atoms with Crippen LogP contribution in [0, 0.1) is 0 Å². The summed E-state index contributed by atoms with van der Waals surface area (Å²) in [5.41, 5.74) is 9.97. The molecule has 2 heterocycles. The van der Waals surface area contributed by atoms with Gasteiger partial charge < -0.3 is 15.8 Å². The van der Waals surface area contributed by atoms with Gasteiger partial charge in [0.25, 0.3) is 5.91 Å². The Morgan fingerprint density at radius 3 is 2.45 bits per heavy atom. The number of carbonyl (C=O) groups excluding carboxylic acids is 1. The van der Waals surface area contributed by atoms with Gasteiger partial charge in [0.2, 0.25) is 0 Å². The van der Waals surface area contributed by atoms with E-state index in [-0.39, 0.29) is 5.91 Å². The normalized spacial score (nSPS) is 12.4. The van der Waals surface area contributed by atoms with Crippen LogP contribution in [-0.2, 0) is 12.8 Å². The van der Waals surface area contributed by atoms with Crippen LogP contribution in [-0.4, -0.2) is 22.9 Å². The zero-order chi connectivity index (χ0) is 21.6. The van der Waals surface area contributed by atoms with Gasteiger partial charge in [0.05, 0.1) is 10.2 Å². The number of ether oxygens (including phenoxy) is 1. The molecule has 4 aromatic rings. The Morgan fingerprint density at radius 2 is 1.74 bits per heavy atom. The zero-order valence-corrected chi connectivity index (χ0v) is 18.1. The molecule has 0 spiro atoms. The molecule has 0 fully saturated rings. The van der Waals surface area contributed by atoms with Crippen LogP contribution in [0.15, 0.2) is 60.8 Å². The molecule has 0 saturated heterocycles. The molecule has 1 aliphatic carbocycles. The maximum Gasteiger partial charge on any atom is 0.269 e. The van der Waals surface area contributed by atoms with Crippen LogP contribution >= 0.6 is 11.3 Å². The number of thiazole rings is 1. The molecule has 0 unspecified atom stereocenters. The number of hydrogen-bond donors (Lipinski definition) is 2. The van der Waals surface area contributed by atoms with Gasteiger partial charge in [-0.1, -0.05) is 35.6 Å². The molecule has 0 aliphatic heterocycles. The summed E-state index contributed by atoms with van der Waals surface area (Å²) in [6, 6.07) is 17.6. The lowest BCUT2D eigenvalue weighted by molar-refractivity contribution is 0.0958. The Bertz CT molecular complexity index is 1180. The molecule has 2 aromatic carbocycles. The fraction of sp³-hybridized carbons (Fsp3) is 0.208. The van der Waals surface area contributed by atoms with E-state index in [1.165, 1.54) is 43.2 Å². The number of pyridine rings is 1. The molecule has 0 atom stereocenters. The van der Waals surface area contributed by atoms with E-state index < -0.39 is 0 Å². The maximum atomic E-state index is 11.5. The second-order valence-corrected chi connectivity index (χ2v) is 8.28. The van der Waals surface area contributed by atoms with Gasteiger partial charge in [0.15, 0.2) is 5.13 Å². The molecule has 0 saturated carbocycles. The van der Waals surface area contributed by atoms with E-state index >= 15 is 0 Å². The molecule has 1 amide bonds. The molecule has 5 rings (SSSR count). The minimum Gasteiger partial charge on any atom is -0.457 e. The van der Waals surface area contributed by atoms with Crippen LogP contribution in [0.4, 0.5) is 5.13 Å². The highest BCUT2D eigenvalue weighted by molar-refractivity contribution is 7.22. The molecule has 31 heavy (non-hydrogen) atoms. The number of nitrogens with two attached hydrogens (primary N) is 1. The zero-order valence-electron chi connectivity index (χ0n) is 17.3. The van der Waals surface area contributed by atoms with Crippen molar-refractivity contribution in [2.75, 3.05) is 12.8 Å². The summed E-state index contributed by atoms with van der Waals surface area (Å²) in [6.07, 6.45) is 6.91. The van der Waals surface area contributed by atoms with Crippen molar-refractivity contribution in [2.45, 2.75) is 25.7 Å². The van der Waals surface area contributed by atoms with E-state index in [1.54, 1.807) is 30.3 Å². The molecule has 7 heteroatoms. The van der Waals surface area contributed by atoms with E-state index in [9.17, 15) is 4.79 Å². The van der Waals surface area contributed by atoms with Crippen LogP contribution in [0.2, 0.25) is 0 Å². The van der Waals surface area contributed by atoms with Gasteiger partial charge in [-0.2, -0.15) is 0 Å². The predicted octanol–water partition coefficient (Wildman–Crippen LogP) is 4.99. The highest BCUT2D eigenvalue weighted by atomic mass is 32.1. The van der Waals surface area contributed by atoms with Gasteiger partial charge in [-0.25, -0.2) is 4.98 Å². The number of hydrogen-bond acceptors (Lipinski definition) is 6. The van der Waals surface area contributed by atoms with E-state index in [0.717, 1.165) is 10.2 Å². The first-order valence-corrected chi connectivity index (χ1v) is 11.0. The Labute approximate surface area is 185 Å². The molecule has 158 valence electrons. The van der Waals surface area contributed by atoms with Gasteiger partial charge >= 0.3 is 0 Å².